The van der Waals surface area contributed by atoms with Gasteiger partial charge in [0.15, 0.2) is 0 Å². The predicted molar refractivity (Wildman–Crippen MR) is 113 cm³/mol. The van der Waals surface area contributed by atoms with Crippen molar-refractivity contribution in [2.24, 2.45) is 0 Å². The molecule has 158 valence electrons. The van der Waals surface area contributed by atoms with Crippen molar-refractivity contribution < 1.29 is 18.0 Å². The molecule has 8 heteroatoms. The molecule has 0 saturated carbocycles. The predicted octanol–water partition coefficient (Wildman–Crippen LogP) is 2.41. The van der Waals surface area contributed by atoms with Gasteiger partial charge in [0.25, 0.3) is 0 Å². The van der Waals surface area contributed by atoms with Crippen LogP contribution in [-0.2, 0) is 32.7 Å². The quantitative estimate of drug-likeness (QED) is 0.735. The monoisotopic (exact) mass is 427 g/mol. The minimum atomic E-state index is -3.70. The van der Waals surface area contributed by atoms with E-state index < -0.39 is 10.0 Å². The van der Waals surface area contributed by atoms with Crippen LogP contribution in [0.4, 0.5) is 5.69 Å². The van der Waals surface area contributed by atoms with Gasteiger partial charge < -0.3 is 9.80 Å². The van der Waals surface area contributed by atoms with Gasteiger partial charge in [0.05, 0.1) is 4.90 Å². The fraction of sp³-hybridized carbons (Fsp3) is 0.364. The number of hydrogen-bond donors (Lipinski definition) is 1. The van der Waals surface area contributed by atoms with Crippen molar-refractivity contribution in [3.8, 4) is 0 Å². The molecule has 0 atom stereocenters. The van der Waals surface area contributed by atoms with E-state index in [9.17, 15) is 18.0 Å². The molecular formula is C22H25N3O4S. The van der Waals surface area contributed by atoms with Gasteiger partial charge in [0.1, 0.15) is 0 Å². The van der Waals surface area contributed by atoms with Crippen LogP contribution < -0.4 is 9.62 Å². The van der Waals surface area contributed by atoms with Crippen molar-refractivity contribution in [1.29, 1.82) is 0 Å². The van der Waals surface area contributed by atoms with Crippen LogP contribution in [0.2, 0.25) is 0 Å². The maximum atomic E-state index is 12.8. The number of anilines is 1. The first-order valence-electron chi connectivity index (χ1n) is 10.2. The minimum absolute atomic E-state index is 0.0665. The van der Waals surface area contributed by atoms with Gasteiger partial charge >= 0.3 is 0 Å². The largest absolute Gasteiger partial charge is 0.338 e. The number of rotatable bonds is 7. The van der Waals surface area contributed by atoms with Gasteiger partial charge in [-0.2, -0.15) is 0 Å². The lowest BCUT2D eigenvalue weighted by Gasteiger charge is -2.18. The molecule has 0 aliphatic carbocycles. The van der Waals surface area contributed by atoms with Gasteiger partial charge in [-0.3, -0.25) is 9.59 Å². The Morgan fingerprint density at radius 3 is 2.13 bits per heavy atom. The average Bonchev–Trinajstić information content (AvgIpc) is 3.35. The number of nitrogens with one attached hydrogen (secondary N) is 1. The number of nitrogens with zero attached hydrogens (tertiary/aromatic N) is 2. The van der Waals surface area contributed by atoms with E-state index in [0.717, 1.165) is 36.2 Å². The highest BCUT2D eigenvalue weighted by Crippen LogP contribution is 2.23. The van der Waals surface area contributed by atoms with Gasteiger partial charge in [-0.1, -0.05) is 24.3 Å². The second-order valence-corrected chi connectivity index (χ2v) is 9.42. The first kappa shape index (κ1) is 20.6. The lowest BCUT2D eigenvalue weighted by atomic mass is 10.1. The van der Waals surface area contributed by atoms with E-state index in [4.69, 9.17) is 0 Å². The Morgan fingerprint density at radius 2 is 1.50 bits per heavy atom. The fourth-order valence-corrected chi connectivity index (χ4v) is 4.95. The summed E-state index contributed by atoms with van der Waals surface area (Å²) in [4.78, 5) is 27.4. The molecule has 2 amide bonds. The first-order valence-corrected chi connectivity index (χ1v) is 11.7. The van der Waals surface area contributed by atoms with Crippen LogP contribution in [0.15, 0.2) is 53.4 Å². The van der Waals surface area contributed by atoms with Gasteiger partial charge in [0.2, 0.25) is 21.8 Å². The van der Waals surface area contributed by atoms with Crippen molar-refractivity contribution in [1.82, 2.24) is 9.62 Å². The molecule has 2 aromatic carbocycles. The highest BCUT2D eigenvalue weighted by Gasteiger charge is 2.23. The third-order valence-corrected chi connectivity index (χ3v) is 7.05. The van der Waals surface area contributed by atoms with Gasteiger partial charge in [-0.25, -0.2) is 13.1 Å². The number of carbonyl (C=O) groups excluding carboxylic acids is 2. The maximum absolute atomic E-state index is 12.8. The molecule has 2 fully saturated rings. The molecule has 0 unspecified atom stereocenters. The normalized spacial score (nSPS) is 17.2. The molecule has 2 saturated heterocycles. The zero-order valence-corrected chi connectivity index (χ0v) is 17.5. The summed E-state index contributed by atoms with van der Waals surface area (Å²) < 4.78 is 28.2. The van der Waals surface area contributed by atoms with E-state index in [0.29, 0.717) is 25.9 Å². The van der Waals surface area contributed by atoms with Gasteiger partial charge in [0, 0.05) is 44.7 Å². The maximum Gasteiger partial charge on any atom is 0.240 e. The van der Waals surface area contributed by atoms with Crippen LogP contribution in [0.1, 0.15) is 36.8 Å². The van der Waals surface area contributed by atoms with Crippen molar-refractivity contribution in [3.05, 3.63) is 59.7 Å². The number of likely N-dealkylation sites (tertiary alicyclic amines) is 1. The molecule has 2 aliphatic rings. The standard InChI is InChI=1S/C22H25N3O4S/c26-21-7-3-13-24(21)16-18-6-2-1-5-17(18)15-23-30(28,29)20-11-9-19(10-12-20)25-14-4-8-22(25)27/h1-2,5-6,9-12,23H,3-4,7-8,13-16H2. The molecule has 0 bridgehead atoms. The zero-order valence-electron chi connectivity index (χ0n) is 16.7. The third-order valence-electron chi connectivity index (χ3n) is 5.64. The lowest BCUT2D eigenvalue weighted by Crippen LogP contribution is -2.27. The minimum Gasteiger partial charge on any atom is -0.338 e. The molecular weight excluding hydrogens is 402 g/mol. The molecule has 0 radical (unpaired) electrons. The first-order chi connectivity index (χ1) is 14.4. The van der Waals surface area contributed by atoms with Crippen molar-refractivity contribution in [3.63, 3.8) is 0 Å². The molecule has 30 heavy (non-hydrogen) atoms. The molecule has 1 N–H and O–H groups in total. The molecule has 4 rings (SSSR count). The summed E-state index contributed by atoms with van der Waals surface area (Å²) in [7, 11) is -3.70. The van der Waals surface area contributed by atoms with Crippen molar-refractivity contribution in [2.75, 3.05) is 18.0 Å². The number of carbonyl (C=O) groups is 2. The summed E-state index contributed by atoms with van der Waals surface area (Å²) in [6.07, 6.45) is 2.80. The Hall–Kier alpha value is -2.71. The van der Waals surface area contributed by atoms with Crippen LogP contribution in [0, 0.1) is 0 Å². The highest BCUT2D eigenvalue weighted by molar-refractivity contribution is 7.89. The van der Waals surface area contributed by atoms with Crippen LogP contribution in [0.25, 0.3) is 0 Å². The third kappa shape index (κ3) is 4.39. The van der Waals surface area contributed by atoms with Crippen molar-refractivity contribution >= 4 is 27.5 Å². The summed E-state index contributed by atoms with van der Waals surface area (Å²) >= 11 is 0. The second kappa shape index (κ2) is 8.57. The Bertz CT molecular complexity index is 1050. The van der Waals surface area contributed by atoms with E-state index in [1.807, 2.05) is 29.2 Å². The van der Waals surface area contributed by atoms with Crippen LogP contribution >= 0.6 is 0 Å². The van der Waals surface area contributed by atoms with Gasteiger partial charge in [-0.05, 0) is 48.2 Å². The molecule has 2 aromatic rings. The van der Waals surface area contributed by atoms with Crippen molar-refractivity contribution in [2.45, 2.75) is 43.7 Å². The molecule has 2 heterocycles. The molecule has 0 aromatic heterocycles. The topological polar surface area (TPSA) is 86.8 Å². The summed E-state index contributed by atoms with van der Waals surface area (Å²) in [5, 5.41) is 0. The summed E-state index contributed by atoms with van der Waals surface area (Å²) in [5.41, 5.74) is 2.51. The number of amides is 2. The highest BCUT2D eigenvalue weighted by atomic mass is 32.2. The summed E-state index contributed by atoms with van der Waals surface area (Å²) in [6.45, 7) is 2.05. The Kier molecular flexibility index (Phi) is 5.87. The Morgan fingerprint density at radius 1 is 0.833 bits per heavy atom. The smallest absolute Gasteiger partial charge is 0.240 e. The summed E-state index contributed by atoms with van der Waals surface area (Å²) in [5.74, 6) is 0.207. The van der Waals surface area contributed by atoms with E-state index in [2.05, 4.69) is 4.72 Å². The number of benzene rings is 2. The Labute approximate surface area is 176 Å². The van der Waals surface area contributed by atoms with Crippen LogP contribution in [0.5, 0.6) is 0 Å². The van der Waals surface area contributed by atoms with Gasteiger partial charge in [-0.15, -0.1) is 0 Å². The molecule has 7 nitrogen and oxygen atoms in total. The number of hydrogen-bond acceptors (Lipinski definition) is 4. The van der Waals surface area contributed by atoms with E-state index in [1.54, 1.807) is 17.0 Å². The molecule has 0 spiro atoms. The number of sulfonamides is 1. The fourth-order valence-electron chi connectivity index (χ4n) is 3.94. The molecule has 2 aliphatic heterocycles. The summed E-state index contributed by atoms with van der Waals surface area (Å²) in [6, 6.07) is 14.0. The SMILES string of the molecule is O=C1CCCN1Cc1ccccc1CNS(=O)(=O)c1ccc(N2CCCC2=O)cc1. The van der Waals surface area contributed by atoms with E-state index in [1.165, 1.54) is 12.1 Å². The van der Waals surface area contributed by atoms with Crippen LogP contribution in [-0.4, -0.2) is 38.2 Å². The second-order valence-electron chi connectivity index (χ2n) is 7.65. The average molecular weight is 428 g/mol. The zero-order chi connectivity index (χ0) is 21.1. The van der Waals surface area contributed by atoms with Crippen LogP contribution in [0.3, 0.4) is 0 Å². The lowest BCUT2D eigenvalue weighted by molar-refractivity contribution is -0.128. The van der Waals surface area contributed by atoms with E-state index in [-0.39, 0.29) is 23.3 Å². The van der Waals surface area contributed by atoms with E-state index >= 15 is 0 Å². The Balaban J connectivity index is 1.44.